The van der Waals surface area contributed by atoms with Crippen LogP contribution in [0, 0.1) is 13.8 Å². The molecule has 2 N–H and O–H groups in total. The summed E-state index contributed by atoms with van der Waals surface area (Å²) in [6.45, 7) is 18.3. The number of hydrogen-bond donors (Lipinski definition) is 2. The van der Waals surface area contributed by atoms with E-state index in [1.54, 1.807) is 6.33 Å². The van der Waals surface area contributed by atoms with Crippen molar-refractivity contribution in [2.75, 3.05) is 32.7 Å². The first-order valence-corrected chi connectivity index (χ1v) is 14.6. The fourth-order valence-electron chi connectivity index (χ4n) is 6.74. The molecule has 2 fully saturated rings. The molecule has 5 heterocycles. The molecule has 0 unspecified atom stereocenters. The van der Waals surface area contributed by atoms with E-state index in [0.717, 1.165) is 64.1 Å². The van der Waals surface area contributed by atoms with Gasteiger partial charge in [0, 0.05) is 61.1 Å². The second-order valence-corrected chi connectivity index (χ2v) is 12.0. The number of aryl methyl sites for hydroxylation is 1. The van der Waals surface area contributed by atoms with Crippen LogP contribution >= 0.6 is 0 Å². The molecule has 0 aliphatic carbocycles. The molecule has 2 aliphatic rings. The van der Waals surface area contributed by atoms with Gasteiger partial charge in [0.2, 0.25) is 0 Å². The molecule has 206 valence electrons. The van der Waals surface area contributed by atoms with Crippen LogP contribution in [0.5, 0.6) is 0 Å². The lowest BCUT2D eigenvalue weighted by molar-refractivity contribution is 0.175. The predicted molar refractivity (Wildman–Crippen MR) is 158 cm³/mol. The minimum atomic E-state index is -0.149. The molecule has 3 aromatic heterocycles. The van der Waals surface area contributed by atoms with Crippen molar-refractivity contribution < 1.29 is 5.11 Å². The summed E-state index contributed by atoms with van der Waals surface area (Å²) in [6.07, 6.45) is 7.81. The zero-order valence-electron chi connectivity index (χ0n) is 23.9. The highest BCUT2D eigenvalue weighted by Crippen LogP contribution is 2.40. The lowest BCUT2D eigenvalue weighted by atomic mass is 9.87. The van der Waals surface area contributed by atoms with Crippen LogP contribution in [0.1, 0.15) is 73.6 Å². The number of aliphatic hydroxyl groups excluding tert-OH is 1. The molecule has 0 radical (unpaired) electrons. The number of benzene rings is 1. The number of likely N-dealkylation sites (tertiary alicyclic amines) is 2. The van der Waals surface area contributed by atoms with Gasteiger partial charge in [0.05, 0.1) is 11.8 Å². The number of aliphatic hydroxyl groups is 1. The molecule has 0 bridgehead atoms. The van der Waals surface area contributed by atoms with Gasteiger partial charge in [-0.3, -0.25) is 0 Å². The van der Waals surface area contributed by atoms with Crippen molar-refractivity contribution in [3.05, 3.63) is 65.3 Å². The van der Waals surface area contributed by atoms with E-state index in [1.807, 2.05) is 4.52 Å². The summed E-state index contributed by atoms with van der Waals surface area (Å²) in [7, 11) is 0. The molecule has 0 spiro atoms. The van der Waals surface area contributed by atoms with E-state index in [1.165, 1.54) is 50.1 Å². The van der Waals surface area contributed by atoms with Crippen molar-refractivity contribution in [1.82, 2.24) is 29.4 Å². The molecule has 7 nitrogen and oxygen atoms in total. The number of aromatic nitrogens is 4. The maximum atomic E-state index is 9.79. The molecule has 6 rings (SSSR count). The lowest BCUT2D eigenvalue weighted by Crippen LogP contribution is -2.33. The van der Waals surface area contributed by atoms with Gasteiger partial charge in [-0.15, -0.1) is 0 Å². The number of H-pyrrole nitrogens is 1. The van der Waals surface area contributed by atoms with E-state index in [-0.39, 0.29) is 6.10 Å². The Morgan fingerprint density at radius 2 is 1.92 bits per heavy atom. The third kappa shape index (κ3) is 4.87. The topological polar surface area (TPSA) is 72.7 Å². The summed E-state index contributed by atoms with van der Waals surface area (Å²) in [5.74, 6) is 0.957. The van der Waals surface area contributed by atoms with Gasteiger partial charge in [-0.2, -0.15) is 5.10 Å². The molecule has 1 atom stereocenters. The zero-order chi connectivity index (χ0) is 27.3. The Morgan fingerprint density at radius 1 is 1.13 bits per heavy atom. The first kappa shape index (κ1) is 26.1. The molecule has 7 heteroatoms. The first-order chi connectivity index (χ1) is 18.8. The number of nitrogens with zero attached hydrogens (tertiary/aromatic N) is 5. The van der Waals surface area contributed by atoms with Crippen LogP contribution in [0.15, 0.2) is 43.0 Å². The van der Waals surface area contributed by atoms with Crippen LogP contribution in [-0.4, -0.2) is 73.3 Å². The zero-order valence-corrected chi connectivity index (χ0v) is 23.9. The maximum Gasteiger partial charge on any atom is 0.158 e. The average Bonchev–Trinajstić information content (AvgIpc) is 3.67. The summed E-state index contributed by atoms with van der Waals surface area (Å²) < 4.78 is 1.90. The average molecular weight is 527 g/mol. The van der Waals surface area contributed by atoms with Crippen LogP contribution in [0.4, 0.5) is 0 Å². The van der Waals surface area contributed by atoms with E-state index >= 15 is 0 Å². The number of fused-ring (bicyclic) bond motifs is 2. The molecule has 4 aromatic rings. The summed E-state index contributed by atoms with van der Waals surface area (Å²) >= 11 is 0. The Bertz CT molecular complexity index is 1510. The van der Waals surface area contributed by atoms with Gasteiger partial charge in [0.15, 0.2) is 5.65 Å². The second-order valence-electron chi connectivity index (χ2n) is 12.0. The van der Waals surface area contributed by atoms with Gasteiger partial charge >= 0.3 is 0 Å². The third-order valence-corrected chi connectivity index (χ3v) is 9.21. The highest BCUT2D eigenvalue weighted by Gasteiger charge is 2.25. The monoisotopic (exact) mass is 526 g/mol. The number of pyridine rings is 1. The third-order valence-electron chi connectivity index (χ3n) is 9.21. The van der Waals surface area contributed by atoms with E-state index in [0.29, 0.717) is 11.8 Å². The smallest absolute Gasteiger partial charge is 0.158 e. The van der Waals surface area contributed by atoms with Gasteiger partial charge in [-0.1, -0.05) is 26.5 Å². The van der Waals surface area contributed by atoms with E-state index in [4.69, 9.17) is 0 Å². The van der Waals surface area contributed by atoms with Crippen molar-refractivity contribution in [3.63, 3.8) is 0 Å². The first-order valence-electron chi connectivity index (χ1n) is 14.6. The summed E-state index contributed by atoms with van der Waals surface area (Å²) in [5.41, 5.74) is 11.0. The van der Waals surface area contributed by atoms with Crippen LogP contribution < -0.4 is 0 Å². The van der Waals surface area contributed by atoms with Crippen molar-refractivity contribution in [3.8, 4) is 11.3 Å². The Labute approximate surface area is 231 Å². The fourth-order valence-corrected chi connectivity index (χ4v) is 6.74. The minimum Gasteiger partial charge on any atom is -0.392 e. The number of β-amino-alcohol motifs (C(OH)–C–C–N with tert-alkyl or cyclic N) is 1. The number of nitrogens with one attached hydrogen (secondary N) is 1. The van der Waals surface area contributed by atoms with Crippen LogP contribution in [0.2, 0.25) is 0 Å². The van der Waals surface area contributed by atoms with Crippen molar-refractivity contribution in [2.24, 2.45) is 0 Å². The summed E-state index contributed by atoms with van der Waals surface area (Å²) in [4.78, 5) is 13.1. The quantitative estimate of drug-likeness (QED) is 0.320. The maximum absolute atomic E-state index is 9.79. The van der Waals surface area contributed by atoms with Gasteiger partial charge in [0.25, 0.3) is 0 Å². The second kappa shape index (κ2) is 10.4. The number of rotatable bonds is 7. The predicted octanol–water partition coefficient (Wildman–Crippen LogP) is 5.77. The van der Waals surface area contributed by atoms with E-state index < -0.39 is 0 Å². The molecule has 0 amide bonds. The minimum absolute atomic E-state index is 0.149. The Hall–Kier alpha value is -3.16. The standard InChI is InChI=1S/C32H42N6O/c1-20(2)30-27-16-25(24-9-14-37(15-10-24)21(3)8-12-36-13-11-26(39)17-36)6-7-29(27)35-31(30)28-18-38-32(33-19-34-38)23(5)22(28)4/h6-7,16,18-20,24,26,35,39H,3,8-15,17H2,1-2,4-5H3/t26-/m1/s1. The highest BCUT2D eigenvalue weighted by atomic mass is 16.3. The number of aromatic amines is 1. The highest BCUT2D eigenvalue weighted by molar-refractivity contribution is 5.92. The lowest BCUT2D eigenvalue weighted by Gasteiger charge is -2.35. The van der Waals surface area contributed by atoms with Crippen molar-refractivity contribution in [2.45, 2.75) is 71.3 Å². The molecular formula is C32H42N6O. The Balaban J connectivity index is 1.21. The Kier molecular flexibility index (Phi) is 6.98. The van der Waals surface area contributed by atoms with Crippen LogP contribution in [-0.2, 0) is 0 Å². The molecule has 0 saturated carbocycles. The molecule has 1 aromatic carbocycles. The SMILES string of the molecule is C=C(CCN1CC[C@@H](O)C1)N1CCC(c2ccc3[nH]c(-c4cn5ncnc5c(C)c4C)c(C(C)C)c3c2)CC1. The summed E-state index contributed by atoms with van der Waals surface area (Å²) in [5, 5.41) is 15.6. The normalized spacial score (nSPS) is 19.2. The number of hydrogen-bond acceptors (Lipinski definition) is 5. The van der Waals surface area contributed by atoms with Crippen molar-refractivity contribution in [1.29, 1.82) is 0 Å². The Morgan fingerprint density at radius 3 is 2.64 bits per heavy atom. The number of piperidine rings is 1. The van der Waals surface area contributed by atoms with Crippen LogP contribution in [0.3, 0.4) is 0 Å². The van der Waals surface area contributed by atoms with Gasteiger partial charge in [-0.05, 0) is 85.8 Å². The molecule has 2 saturated heterocycles. The molecule has 2 aliphatic heterocycles. The van der Waals surface area contributed by atoms with E-state index in [9.17, 15) is 5.11 Å². The van der Waals surface area contributed by atoms with Crippen molar-refractivity contribution >= 4 is 16.6 Å². The molecular weight excluding hydrogens is 484 g/mol. The van der Waals surface area contributed by atoms with Gasteiger partial charge in [-0.25, -0.2) is 9.50 Å². The summed E-state index contributed by atoms with van der Waals surface area (Å²) in [6, 6.07) is 7.07. The largest absolute Gasteiger partial charge is 0.392 e. The molecule has 39 heavy (non-hydrogen) atoms. The van der Waals surface area contributed by atoms with Gasteiger partial charge < -0.3 is 19.9 Å². The van der Waals surface area contributed by atoms with Gasteiger partial charge in [0.1, 0.15) is 6.33 Å². The fraction of sp³-hybridized carbons (Fsp3) is 0.500. The van der Waals surface area contributed by atoms with Crippen LogP contribution in [0.25, 0.3) is 27.8 Å². The van der Waals surface area contributed by atoms with E-state index in [2.05, 4.69) is 83.5 Å².